The number of H-pyrrole nitrogens is 1. The van der Waals surface area contributed by atoms with Gasteiger partial charge in [-0.2, -0.15) is 5.10 Å². The topological polar surface area (TPSA) is 115 Å². The van der Waals surface area contributed by atoms with Gasteiger partial charge < -0.3 is 19.0 Å². The Morgan fingerprint density at radius 1 is 1.35 bits per heavy atom. The van der Waals surface area contributed by atoms with Crippen LogP contribution in [0.25, 0.3) is 28.0 Å². The second kappa shape index (κ2) is 5.81. The second-order valence-corrected chi connectivity index (χ2v) is 5.80. The van der Waals surface area contributed by atoms with Gasteiger partial charge in [0.15, 0.2) is 0 Å². The highest BCUT2D eigenvalue weighted by Gasteiger charge is 2.22. The first-order valence-corrected chi connectivity index (χ1v) is 7.78. The van der Waals surface area contributed by atoms with Crippen LogP contribution in [-0.2, 0) is 18.4 Å². The summed E-state index contributed by atoms with van der Waals surface area (Å²) in [5, 5.41) is 15.6. The Kier molecular flexibility index (Phi) is 3.58. The van der Waals surface area contributed by atoms with Crippen LogP contribution in [-0.4, -0.2) is 42.5 Å². The minimum Gasteiger partial charge on any atom is -0.465 e. The van der Waals surface area contributed by atoms with Crippen molar-refractivity contribution in [3.05, 3.63) is 52.3 Å². The van der Waals surface area contributed by atoms with E-state index in [4.69, 9.17) is 4.74 Å². The molecule has 0 unspecified atom stereocenters. The molecule has 0 radical (unpaired) electrons. The van der Waals surface area contributed by atoms with E-state index in [1.165, 1.54) is 7.11 Å². The zero-order valence-corrected chi connectivity index (χ0v) is 14.1. The second-order valence-electron chi connectivity index (χ2n) is 5.80. The summed E-state index contributed by atoms with van der Waals surface area (Å²) in [5.41, 5.74) is 2.59. The van der Waals surface area contributed by atoms with Crippen LogP contribution in [0.5, 0.6) is 0 Å². The molecule has 0 amide bonds. The highest BCUT2D eigenvalue weighted by molar-refractivity contribution is 5.96. The van der Waals surface area contributed by atoms with Crippen LogP contribution in [0.3, 0.4) is 0 Å². The van der Waals surface area contributed by atoms with Gasteiger partial charge in [0.2, 0.25) is 0 Å². The number of methoxy groups -OCH3 is 1. The van der Waals surface area contributed by atoms with Crippen LogP contribution in [0.1, 0.15) is 16.2 Å². The number of nitrogens with one attached hydrogen (secondary N) is 1. The van der Waals surface area contributed by atoms with E-state index in [9.17, 15) is 14.7 Å². The van der Waals surface area contributed by atoms with Gasteiger partial charge in [0.05, 0.1) is 23.7 Å². The number of nitrogens with zero attached hydrogens (tertiary/aromatic N) is 4. The molecule has 2 N–H and O–H groups in total. The quantitative estimate of drug-likeness (QED) is 0.527. The van der Waals surface area contributed by atoms with Crippen molar-refractivity contribution in [2.45, 2.75) is 6.61 Å². The van der Waals surface area contributed by atoms with E-state index in [0.717, 1.165) is 5.52 Å². The summed E-state index contributed by atoms with van der Waals surface area (Å²) in [5.74, 6) is -0.0399. The third-order valence-corrected chi connectivity index (χ3v) is 4.36. The van der Waals surface area contributed by atoms with Gasteiger partial charge in [-0.05, 0) is 18.2 Å². The number of aromatic nitrogens is 5. The number of esters is 1. The predicted molar refractivity (Wildman–Crippen MR) is 92.3 cm³/mol. The van der Waals surface area contributed by atoms with Crippen LogP contribution < -0.4 is 5.56 Å². The summed E-state index contributed by atoms with van der Waals surface area (Å²) in [6, 6.07) is 5.51. The lowest BCUT2D eigenvalue weighted by Gasteiger charge is -2.12. The van der Waals surface area contributed by atoms with Crippen molar-refractivity contribution in [1.82, 2.24) is 24.3 Å². The van der Waals surface area contributed by atoms with Crippen molar-refractivity contribution in [2.75, 3.05) is 7.11 Å². The van der Waals surface area contributed by atoms with Crippen molar-refractivity contribution in [3.63, 3.8) is 0 Å². The number of imidazole rings is 1. The molecule has 2 aromatic rings. The number of carbonyl (C=O) groups excluding carboxylic acids is 1. The number of ether oxygens (including phenoxy) is 1. The number of benzene rings is 1. The molecule has 132 valence electrons. The van der Waals surface area contributed by atoms with Gasteiger partial charge in [-0.1, -0.05) is 0 Å². The summed E-state index contributed by atoms with van der Waals surface area (Å²) in [6.07, 6.45) is 3.16. The summed E-state index contributed by atoms with van der Waals surface area (Å²) in [4.78, 5) is 28.5. The molecule has 0 spiro atoms. The fourth-order valence-electron chi connectivity index (χ4n) is 2.98. The molecule has 0 saturated carbocycles. The Morgan fingerprint density at radius 2 is 2.15 bits per heavy atom. The Labute approximate surface area is 146 Å². The SMILES string of the molecule is COC(=O)c1cn(-c2ccc3c(c2)nc(CO)n3C)cc2c(=O)[nH]nc1-2. The average molecular weight is 353 g/mol. The molecule has 9 heteroatoms. The molecule has 0 bridgehead atoms. The maximum absolute atomic E-state index is 12.1. The number of fused-ring (bicyclic) bond motifs is 2. The maximum Gasteiger partial charge on any atom is 0.341 e. The van der Waals surface area contributed by atoms with Gasteiger partial charge in [0, 0.05) is 25.1 Å². The largest absolute Gasteiger partial charge is 0.465 e. The minimum atomic E-state index is -0.586. The molecular weight excluding hydrogens is 338 g/mol. The maximum atomic E-state index is 12.1. The van der Waals surface area contributed by atoms with E-state index in [0.29, 0.717) is 17.0 Å². The molecule has 0 aliphatic carbocycles. The van der Waals surface area contributed by atoms with Gasteiger partial charge in [-0.15, -0.1) is 0 Å². The first-order chi connectivity index (χ1) is 12.5. The van der Waals surface area contributed by atoms with Crippen LogP contribution in [0.2, 0.25) is 0 Å². The molecule has 3 heterocycles. The molecular formula is C17H15N5O4. The fourth-order valence-corrected chi connectivity index (χ4v) is 2.98. The van der Waals surface area contributed by atoms with Gasteiger partial charge in [0.1, 0.15) is 23.7 Å². The Bertz CT molecular complexity index is 1170. The van der Waals surface area contributed by atoms with Gasteiger partial charge in [-0.3, -0.25) is 4.79 Å². The first kappa shape index (κ1) is 16.0. The highest BCUT2D eigenvalue weighted by atomic mass is 16.5. The van der Waals surface area contributed by atoms with Crippen molar-refractivity contribution >= 4 is 17.0 Å². The predicted octanol–water partition coefficient (Wildman–Crippen LogP) is 0.831. The minimum absolute atomic E-state index is 0.166. The Hall–Kier alpha value is -3.46. The highest BCUT2D eigenvalue weighted by Crippen LogP contribution is 2.25. The molecule has 2 aliphatic heterocycles. The van der Waals surface area contributed by atoms with Crippen LogP contribution in [0.4, 0.5) is 0 Å². The van der Waals surface area contributed by atoms with Crippen molar-refractivity contribution < 1.29 is 14.6 Å². The number of carbonyl (C=O) groups is 1. The lowest BCUT2D eigenvalue weighted by molar-refractivity contribution is 0.0600. The zero-order chi connectivity index (χ0) is 18.4. The number of aliphatic hydroxyl groups excluding tert-OH is 1. The van der Waals surface area contributed by atoms with Crippen LogP contribution in [0.15, 0.2) is 35.4 Å². The smallest absolute Gasteiger partial charge is 0.341 e. The molecule has 1 aromatic heterocycles. The first-order valence-electron chi connectivity index (χ1n) is 7.78. The van der Waals surface area contributed by atoms with Crippen molar-refractivity contribution in [1.29, 1.82) is 0 Å². The number of aromatic amines is 1. The number of hydrogen-bond donors (Lipinski definition) is 2. The number of aryl methyl sites for hydroxylation is 1. The molecule has 4 rings (SSSR count). The van der Waals surface area contributed by atoms with E-state index < -0.39 is 5.97 Å². The number of hydrogen-bond acceptors (Lipinski definition) is 6. The van der Waals surface area contributed by atoms with Crippen LogP contribution >= 0.6 is 0 Å². The van der Waals surface area contributed by atoms with Gasteiger partial charge >= 0.3 is 5.97 Å². The zero-order valence-electron chi connectivity index (χ0n) is 14.1. The molecule has 9 nitrogen and oxygen atoms in total. The summed E-state index contributed by atoms with van der Waals surface area (Å²) in [6.45, 7) is -0.166. The summed E-state index contributed by atoms with van der Waals surface area (Å²) < 4.78 is 8.25. The molecule has 0 fully saturated rings. The van der Waals surface area contributed by atoms with Gasteiger partial charge in [0.25, 0.3) is 5.56 Å². The third kappa shape index (κ3) is 2.29. The Balaban J connectivity index is 1.95. The number of pyridine rings is 1. The van der Waals surface area contributed by atoms with Crippen LogP contribution in [0, 0.1) is 0 Å². The third-order valence-electron chi connectivity index (χ3n) is 4.36. The lowest BCUT2D eigenvalue weighted by Crippen LogP contribution is -2.11. The number of aliphatic hydroxyl groups is 1. The van der Waals surface area contributed by atoms with E-state index >= 15 is 0 Å². The summed E-state index contributed by atoms with van der Waals surface area (Å²) in [7, 11) is 3.09. The molecule has 0 atom stereocenters. The van der Waals surface area contributed by atoms with Gasteiger partial charge in [-0.25, -0.2) is 14.9 Å². The normalized spacial score (nSPS) is 11.3. The van der Waals surface area contributed by atoms with E-state index in [-0.39, 0.29) is 29.0 Å². The number of rotatable bonds is 3. The summed E-state index contributed by atoms with van der Waals surface area (Å²) >= 11 is 0. The van der Waals surface area contributed by atoms with E-state index in [2.05, 4.69) is 15.2 Å². The molecule has 1 aromatic carbocycles. The standard InChI is InChI=1S/C17H15N5O4/c1-21-13-4-3-9(5-12(13)18-14(21)8-23)22-6-10-15(19-20-16(10)24)11(7-22)17(25)26-2/h3-7,23H,8H2,1-2H3,(H,20,24). The molecule has 0 saturated heterocycles. The lowest BCUT2D eigenvalue weighted by atomic mass is 10.1. The molecule has 2 aliphatic rings. The molecule has 26 heavy (non-hydrogen) atoms. The van der Waals surface area contributed by atoms with E-state index in [1.807, 2.05) is 25.2 Å². The monoisotopic (exact) mass is 353 g/mol. The average Bonchev–Trinajstić information content (AvgIpc) is 3.20. The Morgan fingerprint density at radius 3 is 2.88 bits per heavy atom. The van der Waals surface area contributed by atoms with Crippen molar-refractivity contribution in [3.8, 4) is 16.9 Å². The fraction of sp³-hybridized carbons (Fsp3) is 0.176. The van der Waals surface area contributed by atoms with E-state index in [1.54, 1.807) is 21.5 Å². The van der Waals surface area contributed by atoms with Crippen molar-refractivity contribution in [2.24, 2.45) is 7.05 Å².